The first-order chi connectivity index (χ1) is 8.29. The third-order valence-corrected chi connectivity index (χ3v) is 2.93. The Bertz CT molecular complexity index is 334. The molecule has 6 nitrogen and oxygen atoms in total. The van der Waals surface area contributed by atoms with Crippen molar-refractivity contribution in [2.45, 2.75) is 26.1 Å². The molecule has 1 saturated heterocycles. The summed E-state index contributed by atoms with van der Waals surface area (Å²) in [6, 6.07) is 0. The fourth-order valence-electron chi connectivity index (χ4n) is 2.07. The molecule has 1 aliphatic heterocycles. The van der Waals surface area contributed by atoms with Crippen LogP contribution in [0.3, 0.4) is 0 Å². The van der Waals surface area contributed by atoms with Crippen molar-refractivity contribution in [3.63, 3.8) is 0 Å². The van der Waals surface area contributed by atoms with Crippen LogP contribution in [0.15, 0.2) is 6.33 Å². The van der Waals surface area contributed by atoms with Gasteiger partial charge in [-0.25, -0.2) is 9.67 Å². The molecule has 1 aliphatic rings. The van der Waals surface area contributed by atoms with E-state index in [2.05, 4.69) is 34.3 Å². The summed E-state index contributed by atoms with van der Waals surface area (Å²) in [6.07, 6.45) is 1.90. The van der Waals surface area contributed by atoms with Crippen molar-refractivity contribution in [3.8, 4) is 0 Å². The van der Waals surface area contributed by atoms with Crippen LogP contribution in [0.25, 0.3) is 0 Å². The second-order valence-electron chi connectivity index (χ2n) is 4.39. The number of ether oxygens (including phenoxy) is 1. The normalized spacial score (nSPS) is 21.0. The molecule has 1 N–H and O–H groups in total. The van der Waals surface area contributed by atoms with E-state index in [0.29, 0.717) is 0 Å². The van der Waals surface area contributed by atoms with Gasteiger partial charge in [0.1, 0.15) is 12.2 Å². The highest BCUT2D eigenvalue weighted by molar-refractivity contribution is 4.84. The van der Waals surface area contributed by atoms with Crippen LogP contribution in [0, 0.1) is 0 Å². The molecule has 1 atom stereocenters. The first-order valence-electron chi connectivity index (χ1n) is 6.17. The van der Waals surface area contributed by atoms with E-state index in [1.807, 2.05) is 4.68 Å². The van der Waals surface area contributed by atoms with Crippen LogP contribution in [0.4, 0.5) is 0 Å². The number of morpholine rings is 1. The Hall–Kier alpha value is -0.980. The Balaban J connectivity index is 1.82. The largest absolute Gasteiger partial charge is 0.374 e. The number of nitrogens with one attached hydrogen (secondary N) is 1. The van der Waals surface area contributed by atoms with Crippen molar-refractivity contribution in [2.24, 2.45) is 0 Å². The average Bonchev–Trinajstić information content (AvgIpc) is 2.77. The highest BCUT2D eigenvalue weighted by atomic mass is 16.5. The van der Waals surface area contributed by atoms with Gasteiger partial charge < -0.3 is 10.1 Å². The van der Waals surface area contributed by atoms with Crippen LogP contribution in [-0.4, -0.2) is 59.1 Å². The van der Waals surface area contributed by atoms with Crippen molar-refractivity contribution in [2.75, 3.05) is 33.3 Å². The van der Waals surface area contributed by atoms with Crippen molar-refractivity contribution in [3.05, 3.63) is 12.2 Å². The molecule has 1 aromatic rings. The molecular formula is C11H21N5O. The number of nitrogens with zero attached hydrogens (tertiary/aromatic N) is 4. The molecule has 17 heavy (non-hydrogen) atoms. The highest BCUT2D eigenvalue weighted by Gasteiger charge is 2.16. The van der Waals surface area contributed by atoms with E-state index in [4.69, 9.17) is 4.74 Å². The summed E-state index contributed by atoms with van der Waals surface area (Å²) < 4.78 is 7.60. The van der Waals surface area contributed by atoms with Gasteiger partial charge in [0.05, 0.1) is 19.3 Å². The van der Waals surface area contributed by atoms with Crippen molar-refractivity contribution >= 4 is 0 Å². The van der Waals surface area contributed by atoms with Gasteiger partial charge in [-0.05, 0) is 14.0 Å². The van der Waals surface area contributed by atoms with E-state index >= 15 is 0 Å². The maximum Gasteiger partial charge on any atom is 0.140 e. The maximum absolute atomic E-state index is 5.68. The molecule has 0 amide bonds. The monoisotopic (exact) mass is 239 g/mol. The Kier molecular flexibility index (Phi) is 4.47. The first-order valence-corrected chi connectivity index (χ1v) is 6.17. The Morgan fingerprint density at radius 3 is 3.24 bits per heavy atom. The molecule has 0 radical (unpaired) electrons. The molecule has 0 spiro atoms. The highest BCUT2D eigenvalue weighted by Crippen LogP contribution is 2.03. The number of likely N-dealkylation sites (N-methyl/N-ethyl adjacent to an activating group) is 1. The summed E-state index contributed by atoms with van der Waals surface area (Å²) in [5.74, 6) is 1.01. The predicted molar refractivity (Wildman–Crippen MR) is 64.6 cm³/mol. The molecule has 0 aliphatic carbocycles. The smallest absolute Gasteiger partial charge is 0.140 e. The first kappa shape index (κ1) is 12.5. The SMILES string of the molecule is CCn1ncnc1CN(C)CC1CNCCO1. The van der Waals surface area contributed by atoms with Crippen LogP contribution in [0.2, 0.25) is 0 Å². The van der Waals surface area contributed by atoms with Gasteiger partial charge in [-0.1, -0.05) is 0 Å². The molecule has 2 rings (SSSR count). The van der Waals surface area contributed by atoms with Gasteiger partial charge in [0.2, 0.25) is 0 Å². The number of hydrogen-bond donors (Lipinski definition) is 1. The van der Waals surface area contributed by atoms with Gasteiger partial charge in [-0.15, -0.1) is 0 Å². The molecule has 1 fully saturated rings. The standard InChI is InChI=1S/C11H21N5O/c1-3-16-11(13-9-14-16)8-15(2)7-10-6-12-4-5-17-10/h9-10,12H,3-8H2,1-2H3. The van der Waals surface area contributed by atoms with Gasteiger partial charge >= 0.3 is 0 Å². The van der Waals surface area contributed by atoms with E-state index in [-0.39, 0.29) is 6.10 Å². The van der Waals surface area contributed by atoms with Gasteiger partial charge in [-0.2, -0.15) is 5.10 Å². The fraction of sp³-hybridized carbons (Fsp3) is 0.818. The van der Waals surface area contributed by atoms with Gasteiger partial charge in [0.15, 0.2) is 0 Å². The molecular weight excluding hydrogens is 218 g/mol. The van der Waals surface area contributed by atoms with Crippen LogP contribution < -0.4 is 5.32 Å². The van der Waals surface area contributed by atoms with Crippen LogP contribution >= 0.6 is 0 Å². The molecule has 1 unspecified atom stereocenters. The summed E-state index contributed by atoms with van der Waals surface area (Å²) in [4.78, 5) is 6.50. The Morgan fingerprint density at radius 1 is 1.65 bits per heavy atom. The lowest BCUT2D eigenvalue weighted by Crippen LogP contribution is -2.44. The lowest BCUT2D eigenvalue weighted by atomic mass is 10.3. The summed E-state index contributed by atoms with van der Waals surface area (Å²) in [5, 5.41) is 7.51. The third-order valence-electron chi connectivity index (χ3n) is 2.93. The molecule has 0 saturated carbocycles. The van der Waals surface area contributed by atoms with E-state index < -0.39 is 0 Å². The quantitative estimate of drug-likeness (QED) is 0.766. The van der Waals surface area contributed by atoms with Crippen molar-refractivity contribution in [1.82, 2.24) is 25.0 Å². The van der Waals surface area contributed by atoms with E-state index in [0.717, 1.165) is 45.2 Å². The summed E-state index contributed by atoms with van der Waals surface area (Å²) in [7, 11) is 2.09. The minimum absolute atomic E-state index is 0.284. The average molecular weight is 239 g/mol. The Labute approximate surface area is 102 Å². The number of hydrogen-bond acceptors (Lipinski definition) is 5. The molecule has 2 heterocycles. The van der Waals surface area contributed by atoms with E-state index in [9.17, 15) is 0 Å². The van der Waals surface area contributed by atoms with Gasteiger partial charge in [0.25, 0.3) is 0 Å². The minimum atomic E-state index is 0.284. The lowest BCUT2D eigenvalue weighted by molar-refractivity contribution is 0.00831. The predicted octanol–water partition coefficient (Wildman–Crippen LogP) is -0.282. The second-order valence-corrected chi connectivity index (χ2v) is 4.39. The zero-order valence-corrected chi connectivity index (χ0v) is 10.6. The molecule has 96 valence electrons. The topological polar surface area (TPSA) is 55.2 Å². The lowest BCUT2D eigenvalue weighted by Gasteiger charge is -2.27. The third kappa shape index (κ3) is 3.49. The zero-order chi connectivity index (χ0) is 12.1. The molecule has 6 heteroatoms. The maximum atomic E-state index is 5.68. The second kappa shape index (κ2) is 6.09. The number of rotatable bonds is 5. The van der Waals surface area contributed by atoms with Crippen LogP contribution in [0.5, 0.6) is 0 Å². The van der Waals surface area contributed by atoms with E-state index in [1.54, 1.807) is 6.33 Å². The summed E-state index contributed by atoms with van der Waals surface area (Å²) in [6.45, 7) is 7.38. The summed E-state index contributed by atoms with van der Waals surface area (Å²) >= 11 is 0. The number of aryl methyl sites for hydroxylation is 1. The molecule has 1 aromatic heterocycles. The minimum Gasteiger partial charge on any atom is -0.374 e. The Morgan fingerprint density at radius 2 is 2.53 bits per heavy atom. The van der Waals surface area contributed by atoms with Crippen molar-refractivity contribution < 1.29 is 4.74 Å². The summed E-state index contributed by atoms with van der Waals surface area (Å²) in [5.41, 5.74) is 0. The van der Waals surface area contributed by atoms with E-state index in [1.165, 1.54) is 0 Å². The van der Waals surface area contributed by atoms with Crippen LogP contribution in [-0.2, 0) is 17.8 Å². The van der Waals surface area contributed by atoms with Crippen LogP contribution in [0.1, 0.15) is 12.7 Å². The zero-order valence-electron chi connectivity index (χ0n) is 10.6. The number of aromatic nitrogens is 3. The fourth-order valence-corrected chi connectivity index (χ4v) is 2.07. The van der Waals surface area contributed by atoms with Gasteiger partial charge in [0, 0.05) is 26.2 Å². The van der Waals surface area contributed by atoms with Crippen molar-refractivity contribution in [1.29, 1.82) is 0 Å². The molecule has 0 bridgehead atoms. The molecule has 0 aromatic carbocycles. The van der Waals surface area contributed by atoms with Gasteiger partial charge in [-0.3, -0.25) is 4.90 Å².